The molecule has 0 heterocycles. The molecular formula is C11H13ClF3NO3S. The standard InChI is InChI=1S/C11H13ClF3NO3S/c1-10(2,3)19-16-20(17,18)9-6-7(11(13,14)15)4-5-8(9)12/h4-6,16H,1-3H3. The first-order valence-electron chi connectivity index (χ1n) is 5.39. The average Bonchev–Trinajstić information content (AvgIpc) is 2.24. The molecule has 4 nitrogen and oxygen atoms in total. The molecule has 0 aliphatic carbocycles. The van der Waals surface area contributed by atoms with Crippen LogP contribution >= 0.6 is 11.6 Å². The molecular weight excluding hydrogens is 319 g/mol. The zero-order valence-electron chi connectivity index (χ0n) is 10.9. The lowest BCUT2D eigenvalue weighted by Crippen LogP contribution is -2.33. The average molecular weight is 332 g/mol. The van der Waals surface area contributed by atoms with Gasteiger partial charge in [0.05, 0.1) is 16.2 Å². The summed E-state index contributed by atoms with van der Waals surface area (Å²) < 4.78 is 61.5. The zero-order valence-corrected chi connectivity index (χ0v) is 12.4. The van der Waals surface area contributed by atoms with E-state index in [2.05, 4.69) is 0 Å². The van der Waals surface area contributed by atoms with Crippen LogP contribution in [0.15, 0.2) is 23.1 Å². The van der Waals surface area contributed by atoms with Crippen molar-refractivity contribution in [3.05, 3.63) is 28.8 Å². The van der Waals surface area contributed by atoms with Crippen LogP contribution in [0.5, 0.6) is 0 Å². The second-order valence-corrected chi connectivity index (χ2v) is 6.96. The van der Waals surface area contributed by atoms with Crippen LogP contribution in [0, 0.1) is 0 Å². The number of hydrogen-bond donors (Lipinski definition) is 1. The van der Waals surface area contributed by atoms with Gasteiger partial charge < -0.3 is 0 Å². The Morgan fingerprint density at radius 3 is 2.20 bits per heavy atom. The summed E-state index contributed by atoms with van der Waals surface area (Å²) in [5, 5.41) is -0.331. The van der Waals surface area contributed by atoms with Gasteiger partial charge in [0.15, 0.2) is 0 Å². The Bertz CT molecular complexity index is 594. The maximum Gasteiger partial charge on any atom is 0.416 e. The Hall–Kier alpha value is -0.830. The van der Waals surface area contributed by atoms with E-state index < -0.39 is 32.3 Å². The molecule has 0 aliphatic rings. The van der Waals surface area contributed by atoms with Crippen LogP contribution < -0.4 is 4.89 Å². The number of rotatable bonds is 3. The van der Waals surface area contributed by atoms with Crippen molar-refractivity contribution in [2.45, 2.75) is 37.4 Å². The molecule has 1 rings (SSSR count). The summed E-state index contributed by atoms with van der Waals surface area (Å²) in [4.78, 5) is 5.91. The van der Waals surface area contributed by atoms with Gasteiger partial charge in [-0.2, -0.15) is 13.2 Å². The first-order chi connectivity index (χ1) is 8.83. The summed E-state index contributed by atoms with van der Waals surface area (Å²) in [7, 11) is -4.31. The van der Waals surface area contributed by atoms with E-state index in [1.165, 1.54) is 0 Å². The van der Waals surface area contributed by atoms with Gasteiger partial charge in [-0.25, -0.2) is 8.42 Å². The quantitative estimate of drug-likeness (QED) is 0.864. The van der Waals surface area contributed by atoms with Crippen LogP contribution in [0.1, 0.15) is 26.3 Å². The first kappa shape index (κ1) is 17.2. The first-order valence-corrected chi connectivity index (χ1v) is 7.25. The fraction of sp³-hybridized carbons (Fsp3) is 0.455. The van der Waals surface area contributed by atoms with Crippen molar-refractivity contribution >= 4 is 21.6 Å². The lowest BCUT2D eigenvalue weighted by Gasteiger charge is -2.19. The molecule has 1 N–H and O–H groups in total. The summed E-state index contributed by atoms with van der Waals surface area (Å²) in [5.41, 5.74) is -1.96. The molecule has 0 saturated heterocycles. The van der Waals surface area contributed by atoms with E-state index in [4.69, 9.17) is 16.4 Å². The second kappa shape index (κ2) is 5.51. The van der Waals surface area contributed by atoms with Crippen molar-refractivity contribution in [2.24, 2.45) is 0 Å². The van der Waals surface area contributed by atoms with Crippen molar-refractivity contribution in [1.82, 2.24) is 4.89 Å². The minimum Gasteiger partial charge on any atom is -0.281 e. The van der Waals surface area contributed by atoms with Crippen LogP contribution in [0.3, 0.4) is 0 Å². The number of halogens is 4. The topological polar surface area (TPSA) is 55.4 Å². The van der Waals surface area contributed by atoms with Gasteiger partial charge in [-0.05, 0) is 39.0 Å². The maximum atomic E-state index is 12.6. The second-order valence-electron chi connectivity index (χ2n) is 4.94. The van der Waals surface area contributed by atoms with Crippen LogP contribution in [0.25, 0.3) is 0 Å². The Labute approximate surface area is 119 Å². The minimum absolute atomic E-state index is 0.331. The molecule has 0 amide bonds. The summed E-state index contributed by atoms with van der Waals surface area (Å²) in [6.45, 7) is 4.72. The number of sulfonamides is 1. The number of nitrogens with one attached hydrogen (secondary N) is 1. The van der Waals surface area contributed by atoms with Crippen LogP contribution in [0.4, 0.5) is 13.2 Å². The normalized spacial score (nSPS) is 13.6. The van der Waals surface area contributed by atoms with Crippen molar-refractivity contribution in [2.75, 3.05) is 0 Å². The molecule has 0 aromatic heterocycles. The SMILES string of the molecule is CC(C)(C)ONS(=O)(=O)c1cc(C(F)(F)F)ccc1Cl. The lowest BCUT2D eigenvalue weighted by atomic mass is 10.2. The van der Waals surface area contributed by atoms with E-state index in [1.807, 2.05) is 0 Å². The van der Waals surface area contributed by atoms with E-state index in [-0.39, 0.29) is 5.02 Å². The van der Waals surface area contributed by atoms with E-state index in [1.54, 1.807) is 25.7 Å². The van der Waals surface area contributed by atoms with Crippen molar-refractivity contribution in [3.8, 4) is 0 Å². The fourth-order valence-corrected chi connectivity index (χ4v) is 2.59. The largest absolute Gasteiger partial charge is 0.416 e. The third-order valence-electron chi connectivity index (χ3n) is 2.01. The third-order valence-corrected chi connectivity index (χ3v) is 3.67. The van der Waals surface area contributed by atoms with Gasteiger partial charge in [-0.15, -0.1) is 0 Å². The van der Waals surface area contributed by atoms with Crippen LogP contribution in [-0.2, 0) is 21.0 Å². The minimum atomic E-state index is -4.67. The number of hydrogen-bond acceptors (Lipinski definition) is 3. The van der Waals surface area contributed by atoms with E-state index in [0.29, 0.717) is 12.1 Å². The molecule has 0 fully saturated rings. The van der Waals surface area contributed by atoms with Gasteiger partial charge in [-0.3, -0.25) is 4.84 Å². The van der Waals surface area contributed by atoms with Crippen molar-refractivity contribution in [1.29, 1.82) is 0 Å². The van der Waals surface area contributed by atoms with Crippen LogP contribution in [0.2, 0.25) is 5.02 Å². The van der Waals surface area contributed by atoms with Gasteiger partial charge >= 0.3 is 6.18 Å². The number of alkyl halides is 3. The Kier molecular flexibility index (Phi) is 4.75. The highest BCUT2D eigenvalue weighted by Gasteiger charge is 2.33. The molecule has 0 bridgehead atoms. The molecule has 1 aromatic rings. The van der Waals surface area contributed by atoms with Crippen molar-refractivity contribution in [3.63, 3.8) is 0 Å². The summed E-state index contributed by atoms with van der Waals surface area (Å²) in [5.74, 6) is 0. The Morgan fingerprint density at radius 2 is 1.75 bits per heavy atom. The van der Waals surface area contributed by atoms with E-state index in [0.717, 1.165) is 6.07 Å². The fourth-order valence-electron chi connectivity index (χ4n) is 1.11. The van der Waals surface area contributed by atoms with Gasteiger partial charge in [-0.1, -0.05) is 16.5 Å². The highest BCUT2D eigenvalue weighted by Crippen LogP contribution is 2.33. The monoisotopic (exact) mass is 331 g/mol. The van der Waals surface area contributed by atoms with E-state index >= 15 is 0 Å². The molecule has 0 atom stereocenters. The molecule has 114 valence electrons. The molecule has 0 aliphatic heterocycles. The molecule has 0 spiro atoms. The van der Waals surface area contributed by atoms with Crippen LogP contribution in [-0.4, -0.2) is 14.0 Å². The Morgan fingerprint density at radius 1 is 1.20 bits per heavy atom. The van der Waals surface area contributed by atoms with Crippen molar-refractivity contribution < 1.29 is 26.4 Å². The predicted molar refractivity (Wildman–Crippen MR) is 67.6 cm³/mol. The maximum absolute atomic E-state index is 12.6. The van der Waals surface area contributed by atoms with Gasteiger partial charge in [0, 0.05) is 0 Å². The molecule has 9 heteroatoms. The zero-order chi connectivity index (χ0) is 15.8. The molecule has 20 heavy (non-hydrogen) atoms. The molecule has 0 saturated carbocycles. The molecule has 0 unspecified atom stereocenters. The molecule has 0 radical (unpaired) electrons. The Balaban J connectivity index is 3.18. The van der Waals surface area contributed by atoms with Gasteiger partial charge in [0.1, 0.15) is 4.90 Å². The van der Waals surface area contributed by atoms with Gasteiger partial charge in [0.25, 0.3) is 10.0 Å². The summed E-state index contributed by atoms with van der Waals surface area (Å²) >= 11 is 5.64. The summed E-state index contributed by atoms with van der Waals surface area (Å²) in [6, 6.07) is 2.03. The predicted octanol–water partition coefficient (Wildman–Crippen LogP) is 3.37. The highest BCUT2D eigenvalue weighted by molar-refractivity contribution is 7.89. The summed E-state index contributed by atoms with van der Waals surface area (Å²) in [6.07, 6.45) is -4.67. The smallest absolute Gasteiger partial charge is 0.281 e. The number of benzene rings is 1. The lowest BCUT2D eigenvalue weighted by molar-refractivity contribution is -0.137. The van der Waals surface area contributed by atoms with Gasteiger partial charge in [0.2, 0.25) is 0 Å². The van der Waals surface area contributed by atoms with E-state index in [9.17, 15) is 21.6 Å². The molecule has 1 aromatic carbocycles. The third kappa shape index (κ3) is 4.62. The highest BCUT2D eigenvalue weighted by atomic mass is 35.5.